The van der Waals surface area contributed by atoms with Crippen LogP contribution in [0.1, 0.15) is 12.0 Å². The quantitative estimate of drug-likeness (QED) is 0.832. The molecule has 82 valence electrons. The Balaban J connectivity index is 1.74. The minimum absolute atomic E-state index is 0.788. The van der Waals surface area contributed by atoms with Gasteiger partial charge in [-0.1, -0.05) is 11.3 Å². The molecule has 0 aromatic carbocycles. The molecular formula is C11H13N5. The van der Waals surface area contributed by atoms with E-state index in [0.717, 1.165) is 17.9 Å². The summed E-state index contributed by atoms with van der Waals surface area (Å²) in [6.45, 7) is 3.43. The molecule has 0 radical (unpaired) electrons. The van der Waals surface area contributed by atoms with Crippen molar-refractivity contribution in [2.24, 2.45) is 0 Å². The van der Waals surface area contributed by atoms with Crippen LogP contribution in [0, 0.1) is 0 Å². The van der Waals surface area contributed by atoms with Crippen LogP contribution < -0.4 is 0 Å². The summed E-state index contributed by atoms with van der Waals surface area (Å²) < 4.78 is 0. The number of hydrogen-bond donors (Lipinski definition) is 1. The lowest BCUT2D eigenvalue weighted by molar-refractivity contribution is 0.172. The first kappa shape index (κ1) is 9.47. The van der Waals surface area contributed by atoms with Crippen molar-refractivity contribution in [3.8, 4) is 11.4 Å². The molecule has 0 aliphatic carbocycles. The molecule has 0 saturated carbocycles. The van der Waals surface area contributed by atoms with Gasteiger partial charge in [-0.3, -0.25) is 15.0 Å². The van der Waals surface area contributed by atoms with Crippen LogP contribution in [0.3, 0.4) is 0 Å². The lowest BCUT2D eigenvalue weighted by atomic mass is 10.1. The highest BCUT2D eigenvalue weighted by Gasteiger charge is 2.13. The third-order valence-corrected chi connectivity index (χ3v) is 2.86. The van der Waals surface area contributed by atoms with E-state index in [9.17, 15) is 0 Å². The predicted molar refractivity (Wildman–Crippen MR) is 59.5 cm³/mol. The molecule has 3 rings (SSSR count). The second-order valence-electron chi connectivity index (χ2n) is 4.04. The van der Waals surface area contributed by atoms with E-state index in [2.05, 4.69) is 31.4 Å². The Kier molecular flexibility index (Phi) is 2.38. The summed E-state index contributed by atoms with van der Waals surface area (Å²) in [4.78, 5) is 6.79. The van der Waals surface area contributed by atoms with Crippen molar-refractivity contribution in [2.75, 3.05) is 13.1 Å². The van der Waals surface area contributed by atoms with Gasteiger partial charge in [0.2, 0.25) is 0 Å². The van der Waals surface area contributed by atoms with Crippen LogP contribution in [0.15, 0.2) is 24.5 Å². The van der Waals surface area contributed by atoms with E-state index in [1.165, 1.54) is 25.1 Å². The maximum absolute atomic E-state index is 4.38. The zero-order valence-corrected chi connectivity index (χ0v) is 8.93. The highest BCUT2D eigenvalue weighted by Crippen LogP contribution is 2.15. The molecule has 1 N–H and O–H groups in total. The van der Waals surface area contributed by atoms with E-state index in [4.69, 9.17) is 0 Å². The van der Waals surface area contributed by atoms with Gasteiger partial charge in [-0.05, 0) is 31.1 Å². The van der Waals surface area contributed by atoms with Gasteiger partial charge in [-0.25, -0.2) is 0 Å². The molecule has 2 aromatic rings. The number of aromatic nitrogens is 4. The molecule has 1 aliphatic heterocycles. The first-order chi connectivity index (χ1) is 7.92. The fraction of sp³-hybridized carbons (Fsp3) is 0.364. The Bertz CT molecular complexity index is 444. The van der Waals surface area contributed by atoms with Crippen molar-refractivity contribution in [1.29, 1.82) is 0 Å². The van der Waals surface area contributed by atoms with Crippen LogP contribution in [0.25, 0.3) is 11.4 Å². The summed E-state index contributed by atoms with van der Waals surface area (Å²) in [5.41, 5.74) is 2.91. The van der Waals surface area contributed by atoms with E-state index < -0.39 is 0 Å². The van der Waals surface area contributed by atoms with Gasteiger partial charge in [0.1, 0.15) is 5.69 Å². The third kappa shape index (κ3) is 1.81. The molecule has 0 amide bonds. The number of nitrogens with one attached hydrogen (secondary N) is 1. The Morgan fingerprint density at radius 2 is 2.19 bits per heavy atom. The molecule has 0 atom stereocenters. The molecule has 1 saturated heterocycles. The van der Waals surface area contributed by atoms with Gasteiger partial charge in [-0.15, -0.1) is 5.10 Å². The van der Waals surface area contributed by atoms with Crippen LogP contribution in [0.4, 0.5) is 0 Å². The van der Waals surface area contributed by atoms with E-state index in [0.29, 0.717) is 0 Å². The van der Waals surface area contributed by atoms with Gasteiger partial charge in [-0.2, -0.15) is 0 Å². The van der Waals surface area contributed by atoms with Crippen molar-refractivity contribution >= 4 is 0 Å². The monoisotopic (exact) mass is 215 g/mol. The van der Waals surface area contributed by atoms with Crippen LogP contribution in [-0.4, -0.2) is 38.4 Å². The molecule has 0 spiro atoms. The zero-order valence-electron chi connectivity index (χ0n) is 8.93. The van der Waals surface area contributed by atoms with Crippen molar-refractivity contribution in [3.63, 3.8) is 0 Å². The van der Waals surface area contributed by atoms with Gasteiger partial charge >= 0.3 is 0 Å². The fourth-order valence-electron chi connectivity index (χ4n) is 1.79. The van der Waals surface area contributed by atoms with Crippen LogP contribution >= 0.6 is 0 Å². The summed E-state index contributed by atoms with van der Waals surface area (Å²) in [7, 11) is 0. The maximum Gasteiger partial charge on any atom is 0.131 e. The first-order valence-corrected chi connectivity index (χ1v) is 5.46. The molecule has 16 heavy (non-hydrogen) atoms. The Hall–Kier alpha value is -1.75. The number of rotatable bonds is 3. The Morgan fingerprint density at radius 1 is 1.25 bits per heavy atom. The fourth-order valence-corrected chi connectivity index (χ4v) is 1.79. The van der Waals surface area contributed by atoms with Gasteiger partial charge in [0.15, 0.2) is 0 Å². The topological polar surface area (TPSA) is 57.7 Å². The standard InChI is InChI=1S/C11H13N5/c1-4-16(5-1)8-9-2-3-10(12-6-9)11-7-13-15-14-11/h2-3,6-7H,1,4-5,8H2,(H,13,14,15). The van der Waals surface area contributed by atoms with Crippen molar-refractivity contribution < 1.29 is 0 Å². The van der Waals surface area contributed by atoms with Gasteiger partial charge in [0.25, 0.3) is 0 Å². The van der Waals surface area contributed by atoms with Crippen LogP contribution in [0.5, 0.6) is 0 Å². The summed E-state index contributed by atoms with van der Waals surface area (Å²) in [6, 6.07) is 4.10. The Morgan fingerprint density at radius 3 is 2.75 bits per heavy atom. The van der Waals surface area contributed by atoms with Gasteiger partial charge < -0.3 is 0 Å². The molecule has 1 aliphatic rings. The number of H-pyrrole nitrogens is 1. The lowest BCUT2D eigenvalue weighted by Crippen LogP contribution is -2.36. The molecule has 0 unspecified atom stereocenters. The van der Waals surface area contributed by atoms with Crippen molar-refractivity contribution in [1.82, 2.24) is 25.3 Å². The normalized spacial score (nSPS) is 16.0. The molecule has 5 nitrogen and oxygen atoms in total. The van der Waals surface area contributed by atoms with Gasteiger partial charge in [0.05, 0.1) is 11.9 Å². The second kappa shape index (κ2) is 4.02. The first-order valence-electron chi connectivity index (χ1n) is 5.46. The Labute approximate surface area is 93.5 Å². The number of pyridine rings is 1. The number of aromatic amines is 1. The van der Waals surface area contributed by atoms with E-state index >= 15 is 0 Å². The molecule has 2 aromatic heterocycles. The lowest BCUT2D eigenvalue weighted by Gasteiger charge is -2.30. The largest absolute Gasteiger partial charge is 0.299 e. The molecule has 3 heterocycles. The number of likely N-dealkylation sites (tertiary alicyclic amines) is 1. The minimum atomic E-state index is 0.788. The van der Waals surface area contributed by atoms with Crippen molar-refractivity contribution in [3.05, 3.63) is 30.1 Å². The highest BCUT2D eigenvalue weighted by atomic mass is 15.3. The highest BCUT2D eigenvalue weighted by molar-refractivity contribution is 5.51. The van der Waals surface area contributed by atoms with Crippen LogP contribution in [0.2, 0.25) is 0 Å². The zero-order chi connectivity index (χ0) is 10.8. The summed E-state index contributed by atoms with van der Waals surface area (Å²) in [6.07, 6.45) is 4.99. The smallest absolute Gasteiger partial charge is 0.131 e. The maximum atomic E-state index is 4.38. The average Bonchev–Trinajstić information content (AvgIpc) is 2.78. The SMILES string of the molecule is c1cc(-c2c[nH]nn2)ncc1CN1CCC1. The van der Waals surface area contributed by atoms with E-state index in [1.54, 1.807) is 6.20 Å². The predicted octanol–water partition coefficient (Wildman–Crippen LogP) is 1.07. The van der Waals surface area contributed by atoms with Crippen molar-refractivity contribution in [2.45, 2.75) is 13.0 Å². The molecule has 5 heteroatoms. The number of hydrogen-bond acceptors (Lipinski definition) is 4. The third-order valence-electron chi connectivity index (χ3n) is 2.86. The average molecular weight is 215 g/mol. The molecular weight excluding hydrogens is 202 g/mol. The van der Waals surface area contributed by atoms with Crippen LogP contribution in [-0.2, 0) is 6.54 Å². The van der Waals surface area contributed by atoms with E-state index in [-0.39, 0.29) is 0 Å². The minimum Gasteiger partial charge on any atom is -0.299 e. The molecule has 1 fully saturated rings. The summed E-state index contributed by atoms with van der Waals surface area (Å²) >= 11 is 0. The molecule has 0 bridgehead atoms. The number of nitrogens with zero attached hydrogens (tertiary/aromatic N) is 4. The summed E-state index contributed by atoms with van der Waals surface area (Å²) in [5, 5.41) is 10.3. The van der Waals surface area contributed by atoms with Gasteiger partial charge in [0, 0.05) is 12.7 Å². The van der Waals surface area contributed by atoms with E-state index in [1.807, 2.05) is 12.3 Å². The summed E-state index contributed by atoms with van der Waals surface area (Å²) in [5.74, 6) is 0. The second-order valence-corrected chi connectivity index (χ2v) is 4.04.